The summed E-state index contributed by atoms with van der Waals surface area (Å²) in [6.07, 6.45) is 0.102. The van der Waals surface area contributed by atoms with Crippen LogP contribution in [0.5, 0.6) is 0 Å². The summed E-state index contributed by atoms with van der Waals surface area (Å²) in [5, 5.41) is 8.01. The van der Waals surface area contributed by atoms with Gasteiger partial charge in [0.05, 0.1) is 6.42 Å². The summed E-state index contributed by atoms with van der Waals surface area (Å²) >= 11 is 0. The van der Waals surface area contributed by atoms with Crippen molar-refractivity contribution in [2.45, 2.75) is 19.8 Å². The molecule has 0 unspecified atom stereocenters. The number of hydrogen-bond donors (Lipinski definition) is 1. The molecule has 0 aromatic heterocycles. The van der Waals surface area contributed by atoms with E-state index in [0.29, 0.717) is 0 Å². The normalized spacial score (nSPS) is 7.67. The van der Waals surface area contributed by atoms with Crippen LogP contribution in [0.1, 0.15) is 19.8 Å². The Balaban J connectivity index is 0. The van der Waals surface area contributed by atoms with Crippen LogP contribution in [0.15, 0.2) is 0 Å². The predicted octanol–water partition coefficient (Wildman–Crippen LogP) is 0.438. The van der Waals surface area contributed by atoms with Crippen LogP contribution in [0.2, 0.25) is 0 Å². The second-order valence-corrected chi connectivity index (χ2v) is 1.60. The molecule has 0 aliphatic heterocycles. The van der Waals surface area contributed by atoms with E-state index in [1.54, 1.807) is 0 Å². The molecule has 0 rings (SSSR count). The number of carboxylic acid groups (broad SMARTS) is 1. The maximum absolute atomic E-state index is 10.1. The molecule has 0 aliphatic carbocycles. The SMILES string of the molecule is CC(=O)CCC(=O)O.[Co]. The monoisotopic (exact) mass is 175 g/mol. The molecule has 0 fully saturated rings. The summed E-state index contributed by atoms with van der Waals surface area (Å²) in [6, 6.07) is 0. The van der Waals surface area contributed by atoms with Gasteiger partial charge in [0.15, 0.2) is 0 Å². The fourth-order valence-electron chi connectivity index (χ4n) is 0.283. The first-order valence-electron chi connectivity index (χ1n) is 2.34. The molecule has 3 nitrogen and oxygen atoms in total. The van der Waals surface area contributed by atoms with Crippen molar-refractivity contribution in [3.8, 4) is 0 Å². The minimum Gasteiger partial charge on any atom is -0.481 e. The molecule has 55 valence electrons. The summed E-state index contributed by atoms with van der Waals surface area (Å²) in [4.78, 5) is 19.8. The Morgan fingerprint density at radius 2 is 1.78 bits per heavy atom. The number of rotatable bonds is 3. The molecule has 0 aromatic rings. The Bertz CT molecular complexity index is 96.8. The standard InChI is InChI=1S/C5H8O3.Co/c1-4(6)2-3-5(7)8;/h2-3H2,1H3,(H,7,8);. The average Bonchev–Trinajstić information content (AvgIpc) is 1.61. The first-order chi connectivity index (χ1) is 3.63. The fraction of sp³-hybridized carbons (Fsp3) is 0.600. The van der Waals surface area contributed by atoms with Crippen LogP contribution in [0.3, 0.4) is 0 Å². The first-order valence-corrected chi connectivity index (χ1v) is 2.34. The third-order valence-electron chi connectivity index (χ3n) is 0.691. The van der Waals surface area contributed by atoms with E-state index in [4.69, 9.17) is 5.11 Å². The molecule has 0 spiro atoms. The average molecular weight is 175 g/mol. The van der Waals surface area contributed by atoms with E-state index in [1.807, 2.05) is 0 Å². The molecule has 4 heteroatoms. The van der Waals surface area contributed by atoms with E-state index >= 15 is 0 Å². The number of carbonyl (C=O) groups excluding carboxylic acids is 1. The smallest absolute Gasteiger partial charge is 0.303 e. The van der Waals surface area contributed by atoms with Gasteiger partial charge in [-0.25, -0.2) is 0 Å². The van der Waals surface area contributed by atoms with Gasteiger partial charge in [-0.05, 0) is 6.92 Å². The molecule has 9 heavy (non-hydrogen) atoms. The van der Waals surface area contributed by atoms with Gasteiger partial charge in [0.2, 0.25) is 0 Å². The summed E-state index contributed by atoms with van der Waals surface area (Å²) in [7, 11) is 0. The fourth-order valence-corrected chi connectivity index (χ4v) is 0.283. The van der Waals surface area contributed by atoms with Gasteiger partial charge in [-0.2, -0.15) is 0 Å². The van der Waals surface area contributed by atoms with Crippen LogP contribution in [0.4, 0.5) is 0 Å². The Kier molecular flexibility index (Phi) is 7.35. The molecule has 0 amide bonds. The summed E-state index contributed by atoms with van der Waals surface area (Å²) in [5.41, 5.74) is 0. The first kappa shape index (κ1) is 11.4. The van der Waals surface area contributed by atoms with Gasteiger partial charge in [-0.15, -0.1) is 0 Å². The number of carboxylic acids is 1. The Hall–Kier alpha value is -0.354. The molecule has 0 bridgehead atoms. The van der Waals surface area contributed by atoms with Crippen LogP contribution < -0.4 is 0 Å². The van der Waals surface area contributed by atoms with Crippen LogP contribution >= 0.6 is 0 Å². The Morgan fingerprint density at radius 3 is 1.89 bits per heavy atom. The van der Waals surface area contributed by atoms with Crippen molar-refractivity contribution >= 4 is 11.8 Å². The zero-order valence-electron chi connectivity index (χ0n) is 5.01. The molecule has 0 heterocycles. The third kappa shape index (κ3) is 11.3. The van der Waals surface area contributed by atoms with Gasteiger partial charge in [0.25, 0.3) is 0 Å². The summed E-state index contributed by atoms with van der Waals surface area (Å²) in [5.74, 6) is -0.993. The summed E-state index contributed by atoms with van der Waals surface area (Å²) in [6.45, 7) is 1.38. The van der Waals surface area contributed by atoms with Gasteiger partial charge in [-0.3, -0.25) is 4.79 Å². The maximum Gasteiger partial charge on any atom is 0.303 e. The molecule has 0 saturated heterocycles. The van der Waals surface area contributed by atoms with E-state index in [2.05, 4.69) is 0 Å². The largest absolute Gasteiger partial charge is 0.481 e. The topological polar surface area (TPSA) is 54.4 Å². The van der Waals surface area contributed by atoms with Crippen molar-refractivity contribution in [1.82, 2.24) is 0 Å². The number of ketones is 1. The zero-order valence-corrected chi connectivity index (χ0v) is 6.05. The van der Waals surface area contributed by atoms with Crippen molar-refractivity contribution < 1.29 is 31.5 Å². The number of hydrogen-bond acceptors (Lipinski definition) is 2. The molecule has 0 aliphatic rings. The minimum absolute atomic E-state index is 0. The molecule has 1 radical (unpaired) electrons. The van der Waals surface area contributed by atoms with E-state index in [1.165, 1.54) is 6.92 Å². The van der Waals surface area contributed by atoms with Crippen LogP contribution in [-0.2, 0) is 26.4 Å². The van der Waals surface area contributed by atoms with E-state index < -0.39 is 5.97 Å². The van der Waals surface area contributed by atoms with Crippen molar-refractivity contribution in [1.29, 1.82) is 0 Å². The summed E-state index contributed by atoms with van der Waals surface area (Å²) < 4.78 is 0. The van der Waals surface area contributed by atoms with Crippen molar-refractivity contribution in [3.05, 3.63) is 0 Å². The van der Waals surface area contributed by atoms with Gasteiger partial charge in [-0.1, -0.05) is 0 Å². The maximum atomic E-state index is 10.1. The second kappa shape index (κ2) is 5.78. The van der Waals surface area contributed by atoms with Gasteiger partial charge in [0, 0.05) is 23.2 Å². The van der Waals surface area contributed by atoms with Crippen LogP contribution in [-0.4, -0.2) is 16.9 Å². The van der Waals surface area contributed by atoms with Crippen molar-refractivity contribution in [3.63, 3.8) is 0 Å². The van der Waals surface area contributed by atoms with Crippen molar-refractivity contribution in [2.24, 2.45) is 0 Å². The molecule has 1 N–H and O–H groups in total. The van der Waals surface area contributed by atoms with Crippen molar-refractivity contribution in [2.75, 3.05) is 0 Å². The molecule has 0 saturated carbocycles. The minimum atomic E-state index is -0.916. The van der Waals surface area contributed by atoms with Crippen LogP contribution in [0.25, 0.3) is 0 Å². The van der Waals surface area contributed by atoms with E-state index in [-0.39, 0.29) is 35.4 Å². The van der Waals surface area contributed by atoms with Gasteiger partial charge < -0.3 is 9.90 Å². The molecular formula is C5H8CoO3. The second-order valence-electron chi connectivity index (χ2n) is 1.60. The Labute approximate surface area is 63.6 Å². The van der Waals surface area contributed by atoms with Crippen LogP contribution in [0, 0.1) is 0 Å². The number of aliphatic carboxylic acids is 1. The van der Waals surface area contributed by atoms with Gasteiger partial charge in [0.1, 0.15) is 5.78 Å². The van der Waals surface area contributed by atoms with Gasteiger partial charge >= 0.3 is 5.97 Å². The number of Topliss-reactive ketones (excluding diaryl/α,β-unsaturated/α-hetero) is 1. The molecular weight excluding hydrogens is 167 g/mol. The molecule has 0 aromatic carbocycles. The van der Waals surface area contributed by atoms with E-state index in [0.717, 1.165) is 0 Å². The Morgan fingerprint density at radius 1 is 1.33 bits per heavy atom. The third-order valence-corrected chi connectivity index (χ3v) is 0.691. The zero-order chi connectivity index (χ0) is 6.57. The van der Waals surface area contributed by atoms with E-state index in [9.17, 15) is 9.59 Å². The number of carbonyl (C=O) groups is 2. The molecule has 0 atom stereocenters. The predicted molar refractivity (Wildman–Crippen MR) is 27.6 cm³/mol. The quantitative estimate of drug-likeness (QED) is 0.676.